The fourth-order valence-corrected chi connectivity index (χ4v) is 5.49. The minimum absolute atomic E-state index is 0.0123. The molecule has 0 bridgehead atoms. The van der Waals surface area contributed by atoms with E-state index in [2.05, 4.69) is 15.5 Å². The van der Waals surface area contributed by atoms with Crippen molar-refractivity contribution in [1.29, 1.82) is 0 Å². The fourth-order valence-electron chi connectivity index (χ4n) is 4.01. The predicted molar refractivity (Wildman–Crippen MR) is 125 cm³/mol. The Kier molecular flexibility index (Phi) is 7.15. The van der Waals surface area contributed by atoms with Gasteiger partial charge in [-0.15, -0.1) is 0 Å². The molecule has 2 aliphatic rings. The van der Waals surface area contributed by atoms with Crippen LogP contribution in [0.1, 0.15) is 16.7 Å². The number of sulfone groups is 1. The lowest BCUT2D eigenvalue weighted by Gasteiger charge is -2.25. The van der Waals surface area contributed by atoms with Gasteiger partial charge >= 0.3 is 0 Å². The second kappa shape index (κ2) is 9.93. The number of fused-ring (bicyclic) bond motifs is 1. The molecular weight excluding hydrogens is 493 g/mol. The molecule has 1 saturated heterocycles. The molecule has 7 nitrogen and oxygen atoms in total. The lowest BCUT2D eigenvalue weighted by molar-refractivity contribution is 0.304. The van der Waals surface area contributed by atoms with Gasteiger partial charge in [0.05, 0.1) is 34.5 Å². The first-order chi connectivity index (χ1) is 16.2. The van der Waals surface area contributed by atoms with Gasteiger partial charge in [0.2, 0.25) is 0 Å². The molecule has 4 rings (SSSR count). The van der Waals surface area contributed by atoms with Gasteiger partial charge in [0, 0.05) is 38.0 Å². The Morgan fingerprint density at radius 3 is 2.56 bits per heavy atom. The van der Waals surface area contributed by atoms with Gasteiger partial charge in [-0.05, 0) is 29.3 Å². The molecular formula is C22H22ClF3N4O3S. The van der Waals surface area contributed by atoms with Crippen LogP contribution in [0.25, 0.3) is 0 Å². The van der Waals surface area contributed by atoms with Crippen LogP contribution in [0.15, 0.2) is 34.4 Å². The fraction of sp³-hybridized carbons (Fsp3) is 0.364. The first-order valence-electron chi connectivity index (χ1n) is 10.6. The van der Waals surface area contributed by atoms with Crippen molar-refractivity contribution in [2.75, 3.05) is 43.0 Å². The quantitative estimate of drug-likeness (QED) is 0.350. The molecule has 2 aromatic rings. The Bertz CT molecular complexity index is 1270. The smallest absolute Gasteiger partial charge is 0.182 e. The molecule has 0 atom stereocenters. The standard InChI is InChI=1S/C22H22ClF3N4O3S/c23-16-9-13(1-2-17(16)24)10-19(29-31)14-11-18(25)21(26)22-15(14)12-20(28-22)27-3-4-30-5-7-34(32,33)8-6-30/h1-2,9,11,31H,3-8,10,12H2,(H,27,28)/b29-19+. The molecule has 2 aromatic carbocycles. The molecule has 0 aliphatic carbocycles. The number of halogens is 4. The molecule has 2 aliphatic heterocycles. The highest BCUT2D eigenvalue weighted by Gasteiger charge is 2.28. The van der Waals surface area contributed by atoms with E-state index in [1.54, 1.807) is 0 Å². The molecule has 182 valence electrons. The highest BCUT2D eigenvalue weighted by atomic mass is 35.5. The van der Waals surface area contributed by atoms with Gasteiger partial charge in [-0.25, -0.2) is 21.6 Å². The zero-order valence-corrected chi connectivity index (χ0v) is 19.6. The van der Waals surface area contributed by atoms with Crippen LogP contribution < -0.4 is 5.32 Å². The summed E-state index contributed by atoms with van der Waals surface area (Å²) in [5.41, 5.74) is 1.12. The SMILES string of the molecule is O=S1(=O)CCN(CCN=C2Cc3c(/C(Cc4ccc(F)c(Cl)c4)=N/O)cc(F)c(F)c3N2)CC1. The Hall–Kier alpha value is -2.63. The number of hydrogen-bond donors (Lipinski definition) is 2. The van der Waals surface area contributed by atoms with Gasteiger partial charge in [-0.2, -0.15) is 0 Å². The van der Waals surface area contributed by atoms with Crippen LogP contribution >= 0.6 is 11.6 Å². The van der Waals surface area contributed by atoms with Crippen molar-refractivity contribution in [1.82, 2.24) is 4.90 Å². The highest BCUT2D eigenvalue weighted by Crippen LogP contribution is 2.33. The maximum atomic E-state index is 14.5. The molecule has 2 N–H and O–H groups in total. The van der Waals surface area contributed by atoms with Crippen molar-refractivity contribution in [2.45, 2.75) is 12.8 Å². The van der Waals surface area contributed by atoms with Crippen molar-refractivity contribution in [3.05, 3.63) is 63.4 Å². The normalized spacial score (nSPS) is 19.3. The van der Waals surface area contributed by atoms with Crippen molar-refractivity contribution in [3.63, 3.8) is 0 Å². The lowest BCUT2D eigenvalue weighted by atomic mass is 9.95. The Morgan fingerprint density at radius 2 is 1.88 bits per heavy atom. The van der Waals surface area contributed by atoms with Gasteiger partial charge in [0.25, 0.3) is 0 Å². The van der Waals surface area contributed by atoms with E-state index in [1.807, 2.05) is 4.90 Å². The lowest BCUT2D eigenvalue weighted by Crippen LogP contribution is -2.41. The summed E-state index contributed by atoms with van der Waals surface area (Å²) in [4.78, 5) is 6.42. The Balaban J connectivity index is 1.51. The third-order valence-electron chi connectivity index (χ3n) is 5.88. The van der Waals surface area contributed by atoms with Gasteiger partial charge in [0.15, 0.2) is 21.5 Å². The first kappa shape index (κ1) is 24.5. The number of amidine groups is 1. The van der Waals surface area contributed by atoms with E-state index in [9.17, 15) is 26.8 Å². The average molecular weight is 515 g/mol. The number of nitrogens with one attached hydrogen (secondary N) is 1. The van der Waals surface area contributed by atoms with Crippen LogP contribution in [0.3, 0.4) is 0 Å². The van der Waals surface area contributed by atoms with Crippen LogP contribution in [0.2, 0.25) is 5.02 Å². The summed E-state index contributed by atoms with van der Waals surface area (Å²) in [6.45, 7) is 1.77. The van der Waals surface area contributed by atoms with E-state index in [4.69, 9.17) is 11.6 Å². The zero-order valence-electron chi connectivity index (χ0n) is 18.0. The first-order valence-corrected chi connectivity index (χ1v) is 12.8. The third-order valence-corrected chi connectivity index (χ3v) is 7.78. The number of aliphatic imine (C=N–C) groups is 1. The zero-order chi connectivity index (χ0) is 24.5. The topological polar surface area (TPSA) is 94.4 Å². The predicted octanol–water partition coefficient (Wildman–Crippen LogP) is 3.28. The van der Waals surface area contributed by atoms with E-state index in [0.717, 1.165) is 6.07 Å². The molecule has 0 saturated carbocycles. The van der Waals surface area contributed by atoms with E-state index in [0.29, 0.717) is 43.1 Å². The van der Waals surface area contributed by atoms with Gasteiger partial charge in [-0.3, -0.25) is 9.89 Å². The second-order valence-electron chi connectivity index (χ2n) is 8.17. The third kappa shape index (κ3) is 5.37. The molecule has 0 aromatic heterocycles. The van der Waals surface area contributed by atoms with Crippen molar-refractivity contribution in [2.24, 2.45) is 10.1 Å². The Labute approximate surface area is 199 Å². The minimum atomic E-state index is -2.97. The molecule has 1 fully saturated rings. The molecule has 12 heteroatoms. The molecule has 0 amide bonds. The van der Waals surface area contributed by atoms with Crippen LogP contribution in [-0.4, -0.2) is 67.8 Å². The molecule has 0 unspecified atom stereocenters. The van der Waals surface area contributed by atoms with Gasteiger partial charge < -0.3 is 10.5 Å². The minimum Gasteiger partial charge on any atom is -0.411 e. The van der Waals surface area contributed by atoms with Crippen LogP contribution in [0, 0.1) is 17.5 Å². The molecule has 2 heterocycles. The summed E-state index contributed by atoms with van der Waals surface area (Å²) >= 11 is 5.82. The summed E-state index contributed by atoms with van der Waals surface area (Å²) in [5.74, 6) is -2.12. The van der Waals surface area contributed by atoms with Crippen LogP contribution in [0.5, 0.6) is 0 Å². The summed E-state index contributed by atoms with van der Waals surface area (Å²) in [7, 11) is -2.97. The number of hydrogen-bond acceptors (Lipinski definition) is 6. The summed E-state index contributed by atoms with van der Waals surface area (Å²) in [5, 5.41) is 15.6. The maximum Gasteiger partial charge on any atom is 0.182 e. The van der Waals surface area contributed by atoms with Crippen molar-refractivity contribution < 1.29 is 26.8 Å². The highest BCUT2D eigenvalue weighted by molar-refractivity contribution is 7.91. The van der Waals surface area contributed by atoms with Crippen LogP contribution in [0.4, 0.5) is 18.9 Å². The molecule has 0 radical (unpaired) electrons. The summed E-state index contributed by atoms with van der Waals surface area (Å²) in [6.07, 6.45) is 0.178. The van der Waals surface area contributed by atoms with E-state index < -0.39 is 27.3 Å². The van der Waals surface area contributed by atoms with Crippen molar-refractivity contribution >= 4 is 38.7 Å². The Morgan fingerprint density at radius 1 is 1.15 bits per heavy atom. The number of rotatable bonds is 6. The number of oxime groups is 1. The molecule has 0 spiro atoms. The van der Waals surface area contributed by atoms with E-state index in [1.165, 1.54) is 18.2 Å². The van der Waals surface area contributed by atoms with Gasteiger partial charge in [0.1, 0.15) is 11.7 Å². The molecule has 34 heavy (non-hydrogen) atoms. The maximum absolute atomic E-state index is 14.5. The van der Waals surface area contributed by atoms with Crippen molar-refractivity contribution in [3.8, 4) is 0 Å². The number of nitrogens with zero attached hydrogens (tertiary/aromatic N) is 3. The monoisotopic (exact) mass is 514 g/mol. The summed E-state index contributed by atoms with van der Waals surface area (Å²) < 4.78 is 65.4. The number of benzene rings is 2. The van der Waals surface area contributed by atoms with E-state index in [-0.39, 0.29) is 46.3 Å². The van der Waals surface area contributed by atoms with Gasteiger partial charge in [-0.1, -0.05) is 22.8 Å². The number of anilines is 1. The average Bonchev–Trinajstić information content (AvgIpc) is 3.23. The second-order valence-corrected chi connectivity index (χ2v) is 10.9. The van der Waals surface area contributed by atoms with E-state index >= 15 is 0 Å². The van der Waals surface area contributed by atoms with Crippen LogP contribution in [-0.2, 0) is 22.7 Å². The summed E-state index contributed by atoms with van der Waals surface area (Å²) in [6, 6.07) is 4.97. The largest absolute Gasteiger partial charge is 0.411 e.